The van der Waals surface area contributed by atoms with Gasteiger partial charge in [-0.15, -0.1) is 0 Å². The van der Waals surface area contributed by atoms with Crippen molar-refractivity contribution in [2.75, 3.05) is 0 Å². The monoisotopic (exact) mass is 282 g/mol. The summed E-state index contributed by atoms with van der Waals surface area (Å²) < 4.78 is 5.69. The van der Waals surface area contributed by atoms with E-state index in [2.05, 4.69) is 0 Å². The number of aryl methyl sites for hydroxylation is 1. The van der Waals surface area contributed by atoms with Gasteiger partial charge in [-0.3, -0.25) is 0 Å². The van der Waals surface area contributed by atoms with Gasteiger partial charge in [0, 0.05) is 10.6 Å². The number of hydrogen-bond acceptors (Lipinski definition) is 2. The molecule has 0 radical (unpaired) electrons. The van der Waals surface area contributed by atoms with Crippen molar-refractivity contribution in [1.82, 2.24) is 0 Å². The van der Waals surface area contributed by atoms with Gasteiger partial charge in [-0.05, 0) is 36.8 Å². The number of benzene rings is 2. The van der Waals surface area contributed by atoms with E-state index in [-0.39, 0.29) is 6.61 Å². The minimum absolute atomic E-state index is 0.182. The van der Waals surface area contributed by atoms with Crippen molar-refractivity contribution >= 4 is 23.2 Å². The normalized spacial score (nSPS) is 10.4. The molecule has 0 aliphatic carbocycles. The maximum absolute atomic E-state index is 9.29. The van der Waals surface area contributed by atoms with Gasteiger partial charge in [0.1, 0.15) is 11.5 Å². The lowest BCUT2D eigenvalue weighted by molar-refractivity contribution is 0.276. The molecule has 0 aliphatic heterocycles. The van der Waals surface area contributed by atoms with Crippen LogP contribution in [-0.2, 0) is 6.61 Å². The maximum Gasteiger partial charge on any atom is 0.146 e. The molecule has 0 heterocycles. The fraction of sp³-hybridized carbons (Fsp3) is 0.143. The molecule has 0 aromatic heterocycles. The summed E-state index contributed by atoms with van der Waals surface area (Å²) in [5, 5.41) is 10.3. The number of halogens is 2. The van der Waals surface area contributed by atoms with Crippen LogP contribution in [-0.4, -0.2) is 5.11 Å². The van der Waals surface area contributed by atoms with Crippen molar-refractivity contribution in [2.45, 2.75) is 13.5 Å². The molecule has 2 rings (SSSR count). The average molecular weight is 283 g/mol. The molecule has 0 saturated heterocycles. The van der Waals surface area contributed by atoms with Crippen LogP contribution in [0.15, 0.2) is 36.4 Å². The Bertz CT molecular complexity index is 568. The molecule has 0 saturated carbocycles. The Hall–Kier alpha value is -1.22. The van der Waals surface area contributed by atoms with Gasteiger partial charge in [0.2, 0.25) is 0 Å². The first-order valence-corrected chi connectivity index (χ1v) is 6.19. The molecule has 0 fully saturated rings. The van der Waals surface area contributed by atoms with Gasteiger partial charge in [0.05, 0.1) is 11.6 Å². The second kappa shape index (κ2) is 5.61. The highest BCUT2D eigenvalue weighted by atomic mass is 35.5. The van der Waals surface area contributed by atoms with Crippen molar-refractivity contribution in [3.63, 3.8) is 0 Å². The van der Waals surface area contributed by atoms with Gasteiger partial charge < -0.3 is 9.84 Å². The van der Waals surface area contributed by atoms with Crippen LogP contribution in [0.5, 0.6) is 11.5 Å². The Morgan fingerprint density at radius 3 is 2.50 bits per heavy atom. The summed E-state index contributed by atoms with van der Waals surface area (Å²) in [6.07, 6.45) is 0. The molecule has 0 aliphatic rings. The molecule has 0 atom stereocenters. The predicted octanol–water partition coefficient (Wildman–Crippen LogP) is 4.59. The van der Waals surface area contributed by atoms with Crippen LogP contribution in [0.25, 0.3) is 0 Å². The molecular weight excluding hydrogens is 271 g/mol. The molecule has 0 unspecified atom stereocenters. The number of hydrogen-bond donors (Lipinski definition) is 1. The fourth-order valence-electron chi connectivity index (χ4n) is 1.60. The summed E-state index contributed by atoms with van der Waals surface area (Å²) in [4.78, 5) is 0. The summed E-state index contributed by atoms with van der Waals surface area (Å²) in [6.45, 7) is 1.77. The van der Waals surface area contributed by atoms with E-state index < -0.39 is 0 Å². The average Bonchev–Trinajstić information content (AvgIpc) is 2.33. The number of aliphatic hydroxyl groups excluding tert-OH is 1. The van der Waals surface area contributed by atoms with Crippen molar-refractivity contribution < 1.29 is 9.84 Å². The zero-order valence-electron chi connectivity index (χ0n) is 9.78. The third-order valence-corrected chi connectivity index (χ3v) is 3.19. The molecule has 2 aromatic rings. The van der Waals surface area contributed by atoms with Crippen molar-refractivity contribution in [2.24, 2.45) is 0 Å². The summed E-state index contributed by atoms with van der Waals surface area (Å²) in [7, 11) is 0. The van der Waals surface area contributed by atoms with Gasteiger partial charge in [-0.2, -0.15) is 0 Å². The minimum atomic E-state index is -0.182. The highest BCUT2D eigenvalue weighted by Gasteiger charge is 2.10. The molecule has 2 aromatic carbocycles. The largest absolute Gasteiger partial charge is 0.455 e. The van der Waals surface area contributed by atoms with Crippen LogP contribution >= 0.6 is 23.2 Å². The first-order chi connectivity index (χ1) is 8.61. The molecule has 18 heavy (non-hydrogen) atoms. The Morgan fingerprint density at radius 2 is 1.83 bits per heavy atom. The Kier molecular flexibility index (Phi) is 4.12. The second-order valence-corrected chi connectivity index (χ2v) is 4.72. The van der Waals surface area contributed by atoms with Crippen molar-refractivity contribution in [1.29, 1.82) is 0 Å². The van der Waals surface area contributed by atoms with Gasteiger partial charge in [-0.25, -0.2) is 0 Å². The Balaban J connectivity index is 2.37. The summed E-state index contributed by atoms with van der Waals surface area (Å²) in [5.41, 5.74) is 1.61. The van der Waals surface area contributed by atoms with Crippen LogP contribution in [0.4, 0.5) is 0 Å². The van der Waals surface area contributed by atoms with Crippen molar-refractivity contribution in [3.8, 4) is 11.5 Å². The van der Waals surface area contributed by atoms with Gasteiger partial charge in [-0.1, -0.05) is 35.3 Å². The first-order valence-electron chi connectivity index (χ1n) is 5.44. The van der Waals surface area contributed by atoms with E-state index in [1.165, 1.54) is 0 Å². The van der Waals surface area contributed by atoms with Crippen LogP contribution in [0.1, 0.15) is 11.1 Å². The lowest BCUT2D eigenvalue weighted by atomic mass is 10.2. The van der Waals surface area contributed by atoms with Crippen LogP contribution in [0, 0.1) is 6.92 Å². The zero-order valence-corrected chi connectivity index (χ0v) is 11.3. The topological polar surface area (TPSA) is 29.5 Å². The second-order valence-electron chi connectivity index (χ2n) is 3.91. The molecule has 0 bridgehead atoms. The van der Waals surface area contributed by atoms with Gasteiger partial charge in [0.15, 0.2) is 0 Å². The molecule has 1 N–H and O–H groups in total. The molecule has 0 spiro atoms. The summed E-state index contributed by atoms with van der Waals surface area (Å²) in [5.74, 6) is 1.05. The fourth-order valence-corrected chi connectivity index (χ4v) is 2.09. The Morgan fingerprint density at radius 1 is 1.06 bits per heavy atom. The van der Waals surface area contributed by atoms with Crippen molar-refractivity contribution in [3.05, 3.63) is 57.6 Å². The van der Waals surface area contributed by atoms with Gasteiger partial charge >= 0.3 is 0 Å². The number of rotatable bonds is 3. The van der Waals surface area contributed by atoms with E-state index in [1.807, 2.05) is 19.1 Å². The summed E-state index contributed by atoms with van der Waals surface area (Å²) >= 11 is 12.1. The van der Waals surface area contributed by atoms with E-state index >= 15 is 0 Å². The van der Waals surface area contributed by atoms with Crippen LogP contribution < -0.4 is 4.74 Å². The number of aliphatic hydroxyl groups is 1. The molecule has 94 valence electrons. The molecule has 4 heteroatoms. The number of ether oxygens (including phenoxy) is 1. The molecule has 2 nitrogen and oxygen atoms in total. The smallest absolute Gasteiger partial charge is 0.146 e. The van der Waals surface area contributed by atoms with Crippen LogP contribution in [0.2, 0.25) is 10.0 Å². The van der Waals surface area contributed by atoms with E-state index in [9.17, 15) is 5.11 Å². The lowest BCUT2D eigenvalue weighted by Gasteiger charge is -2.12. The molecular formula is C14H12Cl2O2. The maximum atomic E-state index is 9.29. The molecule has 0 amide bonds. The SMILES string of the molecule is Cc1ccc(Oc2cccc(Cl)c2CO)c(Cl)c1. The predicted molar refractivity (Wildman–Crippen MR) is 73.6 cm³/mol. The third kappa shape index (κ3) is 2.78. The standard InChI is InChI=1S/C14H12Cl2O2/c1-9-5-6-14(12(16)7-9)18-13-4-2-3-11(15)10(13)8-17/h2-7,17H,8H2,1H3. The Labute approximate surface area is 116 Å². The summed E-state index contributed by atoms with van der Waals surface area (Å²) in [6, 6.07) is 10.7. The minimum Gasteiger partial charge on any atom is -0.455 e. The zero-order chi connectivity index (χ0) is 13.1. The van der Waals surface area contributed by atoms with Gasteiger partial charge in [0.25, 0.3) is 0 Å². The first kappa shape index (κ1) is 13.2. The third-order valence-electron chi connectivity index (χ3n) is 2.54. The van der Waals surface area contributed by atoms with E-state index in [1.54, 1.807) is 24.3 Å². The van der Waals surface area contributed by atoms with Crippen LogP contribution in [0.3, 0.4) is 0 Å². The van der Waals surface area contributed by atoms with E-state index in [0.717, 1.165) is 5.56 Å². The highest BCUT2D eigenvalue weighted by molar-refractivity contribution is 6.32. The van der Waals surface area contributed by atoms with E-state index in [4.69, 9.17) is 27.9 Å². The highest BCUT2D eigenvalue weighted by Crippen LogP contribution is 2.34. The lowest BCUT2D eigenvalue weighted by Crippen LogP contribution is -1.93. The quantitative estimate of drug-likeness (QED) is 0.893. The van der Waals surface area contributed by atoms with E-state index in [0.29, 0.717) is 27.1 Å².